The lowest BCUT2D eigenvalue weighted by Crippen LogP contribution is -2.47. The number of rotatable bonds is 6. The molecule has 0 aromatic heterocycles. The second kappa shape index (κ2) is 7.33. The number of carbonyl (C=O) groups is 2. The van der Waals surface area contributed by atoms with E-state index in [9.17, 15) is 9.59 Å². The number of aliphatic carboxylic acids is 1. The van der Waals surface area contributed by atoms with Crippen molar-refractivity contribution in [2.75, 3.05) is 26.7 Å². The highest BCUT2D eigenvalue weighted by atomic mass is 16.4. The van der Waals surface area contributed by atoms with Gasteiger partial charge in [-0.05, 0) is 33.2 Å². The highest BCUT2D eigenvalue weighted by Gasteiger charge is 2.33. The van der Waals surface area contributed by atoms with Crippen LogP contribution in [0.5, 0.6) is 0 Å². The van der Waals surface area contributed by atoms with E-state index in [1.807, 2.05) is 7.05 Å². The van der Waals surface area contributed by atoms with Crippen molar-refractivity contribution >= 4 is 12.0 Å². The standard InChI is InChI=1S/C13H25N3O3/c1-4-10(2)15(3)9-7-14-13(19)16-8-5-6-11(16)12(17)18/h10-11H,4-9H2,1-3H3,(H,14,19)(H,17,18)/t10?,11-/m1/s1. The Labute approximate surface area is 114 Å². The fourth-order valence-electron chi connectivity index (χ4n) is 2.24. The zero-order valence-corrected chi connectivity index (χ0v) is 12.1. The van der Waals surface area contributed by atoms with Crippen LogP contribution in [0.25, 0.3) is 0 Å². The van der Waals surface area contributed by atoms with Crippen LogP contribution in [0.1, 0.15) is 33.1 Å². The molecule has 1 fully saturated rings. The second-order valence-electron chi connectivity index (χ2n) is 5.16. The van der Waals surface area contributed by atoms with E-state index in [4.69, 9.17) is 5.11 Å². The molecule has 19 heavy (non-hydrogen) atoms. The Balaban J connectivity index is 2.33. The maximum absolute atomic E-state index is 11.9. The van der Waals surface area contributed by atoms with Gasteiger partial charge in [-0.3, -0.25) is 0 Å². The molecule has 0 aliphatic carbocycles. The topological polar surface area (TPSA) is 72.9 Å². The summed E-state index contributed by atoms with van der Waals surface area (Å²) in [5, 5.41) is 11.8. The van der Waals surface area contributed by atoms with E-state index in [1.54, 1.807) is 0 Å². The van der Waals surface area contributed by atoms with Gasteiger partial charge >= 0.3 is 12.0 Å². The van der Waals surface area contributed by atoms with Gasteiger partial charge in [0.25, 0.3) is 0 Å². The first-order valence-electron chi connectivity index (χ1n) is 6.94. The summed E-state index contributed by atoms with van der Waals surface area (Å²) in [6.45, 7) is 6.11. The highest BCUT2D eigenvalue weighted by Crippen LogP contribution is 2.17. The van der Waals surface area contributed by atoms with Crippen molar-refractivity contribution < 1.29 is 14.7 Å². The normalized spacial score (nSPS) is 20.6. The number of urea groups is 1. The average Bonchev–Trinajstić information content (AvgIpc) is 2.86. The molecule has 6 nitrogen and oxygen atoms in total. The Kier molecular flexibility index (Phi) is 6.08. The van der Waals surface area contributed by atoms with E-state index in [0.29, 0.717) is 25.6 Å². The Morgan fingerprint density at radius 1 is 1.53 bits per heavy atom. The van der Waals surface area contributed by atoms with Gasteiger partial charge in [0, 0.05) is 25.7 Å². The lowest BCUT2D eigenvalue weighted by atomic mass is 10.2. The molecule has 110 valence electrons. The minimum absolute atomic E-state index is 0.262. The molecule has 1 heterocycles. The maximum atomic E-state index is 11.9. The van der Waals surface area contributed by atoms with E-state index in [0.717, 1.165) is 19.4 Å². The average molecular weight is 271 g/mol. The zero-order valence-electron chi connectivity index (χ0n) is 12.1. The summed E-state index contributed by atoms with van der Waals surface area (Å²) in [4.78, 5) is 26.5. The van der Waals surface area contributed by atoms with E-state index in [2.05, 4.69) is 24.1 Å². The van der Waals surface area contributed by atoms with Crippen LogP contribution in [-0.4, -0.2) is 65.7 Å². The van der Waals surface area contributed by atoms with E-state index in [1.165, 1.54) is 4.90 Å². The van der Waals surface area contributed by atoms with Crippen LogP contribution < -0.4 is 5.32 Å². The van der Waals surface area contributed by atoms with Gasteiger partial charge in [0.1, 0.15) is 6.04 Å². The van der Waals surface area contributed by atoms with Crippen molar-refractivity contribution in [3.8, 4) is 0 Å². The largest absolute Gasteiger partial charge is 0.480 e. The summed E-state index contributed by atoms with van der Waals surface area (Å²) in [7, 11) is 2.02. The number of carboxylic acids is 1. The molecule has 0 radical (unpaired) electrons. The van der Waals surface area contributed by atoms with Gasteiger partial charge in [0.15, 0.2) is 0 Å². The van der Waals surface area contributed by atoms with Gasteiger partial charge in [-0.1, -0.05) is 6.92 Å². The number of nitrogens with zero attached hydrogens (tertiary/aromatic N) is 2. The van der Waals surface area contributed by atoms with Crippen LogP contribution >= 0.6 is 0 Å². The molecule has 0 saturated carbocycles. The van der Waals surface area contributed by atoms with Crippen LogP contribution in [0.3, 0.4) is 0 Å². The number of nitrogens with one attached hydrogen (secondary N) is 1. The van der Waals surface area contributed by atoms with E-state index in [-0.39, 0.29) is 6.03 Å². The van der Waals surface area contributed by atoms with Gasteiger partial charge in [0.05, 0.1) is 0 Å². The van der Waals surface area contributed by atoms with Gasteiger partial charge in [-0.25, -0.2) is 9.59 Å². The van der Waals surface area contributed by atoms with Crippen LogP contribution in [0.15, 0.2) is 0 Å². The fourth-order valence-corrected chi connectivity index (χ4v) is 2.24. The predicted octanol–water partition coefficient (Wildman–Crippen LogP) is 0.975. The van der Waals surface area contributed by atoms with Crippen molar-refractivity contribution in [2.45, 2.75) is 45.2 Å². The number of carboxylic acid groups (broad SMARTS) is 1. The summed E-state index contributed by atoms with van der Waals surface area (Å²) in [5.74, 6) is -0.913. The number of hydrogen-bond acceptors (Lipinski definition) is 3. The smallest absolute Gasteiger partial charge is 0.326 e. The highest BCUT2D eigenvalue weighted by molar-refractivity contribution is 5.83. The maximum Gasteiger partial charge on any atom is 0.326 e. The summed E-state index contributed by atoms with van der Waals surface area (Å²) in [5.41, 5.74) is 0. The van der Waals surface area contributed by atoms with Crippen molar-refractivity contribution in [3.63, 3.8) is 0 Å². The molecule has 1 unspecified atom stereocenters. The summed E-state index contributed by atoms with van der Waals surface area (Å²) < 4.78 is 0. The summed E-state index contributed by atoms with van der Waals surface area (Å²) >= 11 is 0. The van der Waals surface area contributed by atoms with Crippen molar-refractivity contribution in [1.29, 1.82) is 0 Å². The molecule has 1 saturated heterocycles. The van der Waals surface area contributed by atoms with Crippen LogP contribution in [0, 0.1) is 0 Å². The van der Waals surface area contributed by atoms with Crippen LogP contribution in [0.2, 0.25) is 0 Å². The predicted molar refractivity (Wildman–Crippen MR) is 73.1 cm³/mol. The molecule has 0 aromatic rings. The third-order valence-corrected chi connectivity index (χ3v) is 3.88. The molecule has 2 amide bonds. The molecule has 0 aromatic carbocycles. The molecule has 6 heteroatoms. The van der Waals surface area contributed by atoms with Crippen molar-refractivity contribution in [3.05, 3.63) is 0 Å². The number of amides is 2. The summed E-state index contributed by atoms with van der Waals surface area (Å²) in [6, 6.07) is -0.440. The molecule has 0 bridgehead atoms. The van der Waals surface area contributed by atoms with Gasteiger partial charge in [0.2, 0.25) is 0 Å². The number of likely N-dealkylation sites (N-methyl/N-ethyl adjacent to an activating group) is 1. The quantitative estimate of drug-likeness (QED) is 0.755. The third kappa shape index (κ3) is 4.38. The summed E-state index contributed by atoms with van der Waals surface area (Å²) in [6.07, 6.45) is 2.38. The Bertz CT molecular complexity index is 322. The molecular formula is C13H25N3O3. The minimum Gasteiger partial charge on any atom is -0.480 e. The molecule has 2 N–H and O–H groups in total. The molecule has 1 aliphatic rings. The number of likely N-dealkylation sites (tertiary alicyclic amines) is 1. The first kappa shape index (κ1) is 15.8. The van der Waals surface area contributed by atoms with Crippen molar-refractivity contribution in [2.24, 2.45) is 0 Å². The Hall–Kier alpha value is -1.30. The lowest BCUT2D eigenvalue weighted by molar-refractivity contribution is -0.141. The number of hydrogen-bond donors (Lipinski definition) is 2. The SMILES string of the molecule is CCC(C)N(C)CCNC(=O)N1CCC[C@@H]1C(=O)O. The first-order valence-corrected chi connectivity index (χ1v) is 6.94. The van der Waals surface area contributed by atoms with E-state index >= 15 is 0 Å². The fraction of sp³-hybridized carbons (Fsp3) is 0.846. The van der Waals surface area contributed by atoms with Crippen LogP contribution in [0.4, 0.5) is 4.79 Å². The Morgan fingerprint density at radius 3 is 2.79 bits per heavy atom. The molecule has 0 spiro atoms. The molecule has 1 aliphatic heterocycles. The minimum atomic E-state index is -0.913. The molecule has 2 atom stereocenters. The molecule has 1 rings (SSSR count). The number of carbonyl (C=O) groups excluding carboxylic acids is 1. The first-order chi connectivity index (χ1) is 8.97. The van der Waals surface area contributed by atoms with Crippen molar-refractivity contribution in [1.82, 2.24) is 15.1 Å². The van der Waals surface area contributed by atoms with Gasteiger partial charge in [-0.2, -0.15) is 0 Å². The third-order valence-electron chi connectivity index (χ3n) is 3.88. The van der Waals surface area contributed by atoms with Gasteiger partial charge < -0.3 is 20.2 Å². The monoisotopic (exact) mass is 271 g/mol. The van der Waals surface area contributed by atoms with Gasteiger partial charge in [-0.15, -0.1) is 0 Å². The van der Waals surface area contributed by atoms with Crippen LogP contribution in [-0.2, 0) is 4.79 Å². The van der Waals surface area contributed by atoms with E-state index < -0.39 is 12.0 Å². The zero-order chi connectivity index (χ0) is 14.4. The molecular weight excluding hydrogens is 246 g/mol. The lowest BCUT2D eigenvalue weighted by Gasteiger charge is -2.25. The second-order valence-corrected chi connectivity index (χ2v) is 5.16. The Morgan fingerprint density at radius 2 is 2.21 bits per heavy atom.